The van der Waals surface area contributed by atoms with Gasteiger partial charge in [0.2, 0.25) is 5.91 Å². The lowest BCUT2D eigenvalue weighted by Crippen LogP contribution is -2.38. The molecule has 0 saturated carbocycles. The third-order valence-electron chi connectivity index (χ3n) is 5.13. The minimum Gasteiger partial charge on any atom is -0.467 e. The van der Waals surface area contributed by atoms with Gasteiger partial charge in [0, 0.05) is 5.70 Å². The quantitative estimate of drug-likeness (QED) is 0.594. The molecule has 2 aliphatic rings. The minimum absolute atomic E-state index is 0.0793. The van der Waals surface area contributed by atoms with Crippen molar-refractivity contribution < 1.29 is 23.1 Å². The Balaban J connectivity index is 1.63. The van der Waals surface area contributed by atoms with E-state index in [0.717, 1.165) is 0 Å². The zero-order valence-electron chi connectivity index (χ0n) is 18.5. The Labute approximate surface area is 195 Å². The van der Waals surface area contributed by atoms with Gasteiger partial charge in [-0.05, 0) is 56.0 Å². The van der Waals surface area contributed by atoms with Gasteiger partial charge in [0.25, 0.3) is 0 Å². The van der Waals surface area contributed by atoms with Crippen LogP contribution < -0.4 is 5.32 Å². The van der Waals surface area contributed by atoms with Gasteiger partial charge >= 0.3 is 5.97 Å². The maximum absolute atomic E-state index is 13.7. The van der Waals surface area contributed by atoms with Crippen LogP contribution in [0.25, 0.3) is 0 Å². The topological polar surface area (TPSA) is 84.1 Å². The van der Waals surface area contributed by atoms with E-state index in [9.17, 15) is 14.0 Å². The van der Waals surface area contributed by atoms with Gasteiger partial charge < -0.3 is 19.4 Å². The summed E-state index contributed by atoms with van der Waals surface area (Å²) in [5.41, 5.74) is 2.28. The predicted octanol–water partition coefficient (Wildman–Crippen LogP) is 4.65. The number of amides is 1. The third kappa shape index (κ3) is 5.03. The number of halogens is 1. The van der Waals surface area contributed by atoms with Crippen LogP contribution in [0, 0.1) is 5.82 Å². The molecule has 0 bridgehead atoms. The average Bonchev–Trinajstić information content (AvgIpc) is 3.41. The Bertz CT molecular complexity index is 1140. The monoisotopic (exact) mass is 469 g/mol. The van der Waals surface area contributed by atoms with Crippen molar-refractivity contribution in [3.63, 3.8) is 0 Å². The number of hydrogen-bond donors (Lipinski definition) is 1. The van der Waals surface area contributed by atoms with E-state index in [1.165, 1.54) is 23.9 Å². The molecule has 33 heavy (non-hydrogen) atoms. The summed E-state index contributed by atoms with van der Waals surface area (Å²) in [4.78, 5) is 32.2. The summed E-state index contributed by atoms with van der Waals surface area (Å²) in [6, 6.07) is 8.92. The van der Waals surface area contributed by atoms with Crippen molar-refractivity contribution >= 4 is 28.8 Å². The molecule has 0 radical (unpaired) electrons. The number of thioether (sulfide) groups is 1. The summed E-state index contributed by atoms with van der Waals surface area (Å²) < 4.78 is 24.4. The molecule has 1 aromatic heterocycles. The number of benzene rings is 1. The van der Waals surface area contributed by atoms with E-state index in [1.807, 2.05) is 10.3 Å². The number of hydrogen-bond acceptors (Lipinski definition) is 7. The highest BCUT2D eigenvalue weighted by atomic mass is 32.2. The summed E-state index contributed by atoms with van der Waals surface area (Å²) in [6.45, 7) is 5.59. The number of carbonyl (C=O) groups excluding carboxylic acids is 2. The van der Waals surface area contributed by atoms with E-state index < -0.39 is 12.0 Å². The fraction of sp³-hybridized carbons (Fsp3) is 0.292. The van der Waals surface area contributed by atoms with Gasteiger partial charge in [0.15, 0.2) is 5.17 Å². The highest BCUT2D eigenvalue weighted by molar-refractivity contribution is 8.16. The SMILES string of the molecule is CC1=C(C(=O)OC(C)C)C(c2ccc(F)cc2)N2C(CC(=O)NCc3ccco3)=CSC2=N1. The predicted molar refractivity (Wildman–Crippen MR) is 123 cm³/mol. The summed E-state index contributed by atoms with van der Waals surface area (Å²) in [6.07, 6.45) is 1.32. The number of rotatable bonds is 7. The molecule has 3 heterocycles. The van der Waals surface area contributed by atoms with Crippen LogP contribution in [0.5, 0.6) is 0 Å². The summed E-state index contributed by atoms with van der Waals surface area (Å²) in [7, 11) is 0. The zero-order chi connectivity index (χ0) is 23.5. The first-order valence-electron chi connectivity index (χ1n) is 10.5. The first-order valence-corrected chi connectivity index (χ1v) is 11.4. The highest BCUT2D eigenvalue weighted by Crippen LogP contribution is 2.44. The first-order chi connectivity index (χ1) is 15.8. The van der Waals surface area contributed by atoms with Crippen LogP contribution in [0.4, 0.5) is 4.39 Å². The summed E-state index contributed by atoms with van der Waals surface area (Å²) in [5.74, 6) is -0.410. The maximum atomic E-state index is 13.7. The molecular weight excluding hydrogens is 445 g/mol. The van der Waals surface area contributed by atoms with Crippen LogP contribution in [-0.4, -0.2) is 28.0 Å². The van der Waals surface area contributed by atoms with E-state index in [4.69, 9.17) is 9.15 Å². The zero-order valence-corrected chi connectivity index (χ0v) is 19.3. The first kappa shape index (κ1) is 22.8. The van der Waals surface area contributed by atoms with Gasteiger partial charge in [-0.1, -0.05) is 23.9 Å². The van der Waals surface area contributed by atoms with Gasteiger partial charge in [-0.15, -0.1) is 0 Å². The second-order valence-electron chi connectivity index (χ2n) is 7.93. The fourth-order valence-electron chi connectivity index (χ4n) is 3.69. The lowest BCUT2D eigenvalue weighted by Gasteiger charge is -2.36. The van der Waals surface area contributed by atoms with Crippen molar-refractivity contribution in [2.75, 3.05) is 0 Å². The van der Waals surface area contributed by atoms with Crippen molar-refractivity contribution in [3.8, 4) is 0 Å². The molecule has 1 N–H and O–H groups in total. The molecule has 1 unspecified atom stereocenters. The Morgan fingerprint density at radius 1 is 1.27 bits per heavy atom. The second kappa shape index (κ2) is 9.66. The molecule has 1 aromatic carbocycles. The number of allylic oxidation sites excluding steroid dienone is 1. The van der Waals surface area contributed by atoms with Crippen LogP contribution in [0.3, 0.4) is 0 Å². The Hall–Kier alpha value is -3.33. The van der Waals surface area contributed by atoms with Gasteiger partial charge in [0.1, 0.15) is 11.6 Å². The molecule has 2 aromatic rings. The Kier molecular flexibility index (Phi) is 6.69. The van der Waals surface area contributed by atoms with E-state index in [0.29, 0.717) is 33.5 Å². The molecule has 9 heteroatoms. The molecule has 0 spiro atoms. The van der Waals surface area contributed by atoms with Crippen molar-refractivity contribution in [1.29, 1.82) is 0 Å². The second-order valence-corrected chi connectivity index (χ2v) is 8.77. The molecule has 4 rings (SSSR count). The van der Waals surface area contributed by atoms with Gasteiger partial charge in [-0.3, -0.25) is 4.79 Å². The number of ether oxygens (including phenoxy) is 1. The number of nitrogens with one attached hydrogen (secondary N) is 1. The number of amidine groups is 1. The van der Waals surface area contributed by atoms with E-state index >= 15 is 0 Å². The molecule has 0 saturated heterocycles. The number of nitrogens with zero attached hydrogens (tertiary/aromatic N) is 2. The maximum Gasteiger partial charge on any atom is 0.338 e. The van der Waals surface area contributed by atoms with E-state index in [-0.39, 0.29) is 30.8 Å². The van der Waals surface area contributed by atoms with E-state index in [2.05, 4.69) is 10.3 Å². The largest absolute Gasteiger partial charge is 0.467 e. The number of carbonyl (C=O) groups is 2. The van der Waals surface area contributed by atoms with Gasteiger partial charge in [-0.25, -0.2) is 14.2 Å². The number of aliphatic imine (C=N–C) groups is 1. The molecule has 172 valence electrons. The molecule has 2 aliphatic heterocycles. The van der Waals surface area contributed by atoms with Crippen LogP contribution >= 0.6 is 11.8 Å². The molecule has 1 atom stereocenters. The van der Waals surface area contributed by atoms with Crippen LogP contribution in [-0.2, 0) is 20.9 Å². The van der Waals surface area contributed by atoms with Crippen molar-refractivity contribution in [2.45, 2.75) is 45.9 Å². The van der Waals surface area contributed by atoms with E-state index in [1.54, 1.807) is 51.3 Å². The smallest absolute Gasteiger partial charge is 0.338 e. The van der Waals surface area contributed by atoms with Gasteiger partial charge in [0.05, 0.1) is 42.6 Å². The third-order valence-corrected chi connectivity index (χ3v) is 6.02. The Morgan fingerprint density at radius 3 is 2.70 bits per heavy atom. The van der Waals surface area contributed by atoms with Crippen LogP contribution in [0.15, 0.2) is 74.4 Å². The number of esters is 1. The van der Waals surface area contributed by atoms with Crippen LogP contribution in [0.1, 0.15) is 44.6 Å². The normalized spacial score (nSPS) is 17.6. The summed E-state index contributed by atoms with van der Waals surface area (Å²) >= 11 is 1.38. The molecular formula is C24H24FN3O4S. The molecule has 0 aliphatic carbocycles. The fourth-order valence-corrected chi connectivity index (χ4v) is 4.66. The van der Waals surface area contributed by atoms with Crippen molar-refractivity contribution in [3.05, 3.63) is 82.2 Å². The lowest BCUT2D eigenvalue weighted by molar-refractivity contribution is -0.143. The van der Waals surface area contributed by atoms with Gasteiger partial charge in [-0.2, -0.15) is 0 Å². The number of furan rings is 1. The Morgan fingerprint density at radius 2 is 2.03 bits per heavy atom. The standard InChI is InChI=1S/C24H24FN3O4S/c1-14(2)32-23(30)21-15(3)27-24-28(22(21)16-6-8-17(25)9-7-16)18(13-33-24)11-20(29)26-12-19-5-4-10-31-19/h4-10,13-14,22H,11-12H2,1-3H3,(H,26,29). The lowest BCUT2D eigenvalue weighted by atomic mass is 9.93. The molecule has 0 fully saturated rings. The van der Waals surface area contributed by atoms with Crippen molar-refractivity contribution in [1.82, 2.24) is 10.2 Å². The van der Waals surface area contributed by atoms with Crippen LogP contribution in [0.2, 0.25) is 0 Å². The average molecular weight is 470 g/mol. The van der Waals surface area contributed by atoms with Crippen molar-refractivity contribution in [2.24, 2.45) is 4.99 Å². The summed E-state index contributed by atoms with van der Waals surface area (Å²) in [5, 5.41) is 5.34. The molecule has 7 nitrogen and oxygen atoms in total. The minimum atomic E-state index is -0.594. The highest BCUT2D eigenvalue weighted by Gasteiger charge is 2.41. The number of fused-ring (bicyclic) bond motifs is 1. The molecule has 1 amide bonds.